The Kier molecular flexibility index (Phi) is 4.30. The number of hydrogen-bond donors (Lipinski definition) is 1. The quantitative estimate of drug-likeness (QED) is 0.855. The van der Waals surface area contributed by atoms with Crippen LogP contribution in [0.3, 0.4) is 0 Å². The van der Waals surface area contributed by atoms with Crippen molar-refractivity contribution in [2.45, 2.75) is 25.8 Å². The molecule has 0 amide bonds. The summed E-state index contributed by atoms with van der Waals surface area (Å²) in [6.45, 7) is 4.42. The molecular formula is C18H20N2S. The first-order valence-electron chi connectivity index (χ1n) is 7.35. The van der Waals surface area contributed by atoms with Gasteiger partial charge < -0.3 is 5.32 Å². The first kappa shape index (κ1) is 14.2. The molecule has 3 heteroatoms. The molecule has 0 spiro atoms. The lowest BCUT2D eigenvalue weighted by Crippen LogP contribution is -2.04. The molecule has 1 aliphatic heterocycles. The Hall–Kier alpha value is -1.74. The Morgan fingerprint density at radius 2 is 1.76 bits per heavy atom. The number of anilines is 1. The van der Waals surface area contributed by atoms with Crippen LogP contribution >= 0.6 is 11.8 Å². The predicted octanol–water partition coefficient (Wildman–Crippen LogP) is 5.07. The summed E-state index contributed by atoms with van der Waals surface area (Å²) in [5, 5.41) is 4.43. The van der Waals surface area contributed by atoms with Gasteiger partial charge in [0, 0.05) is 11.4 Å². The topological polar surface area (TPSA) is 24.4 Å². The minimum atomic E-state index is 0.272. The lowest BCUT2D eigenvalue weighted by molar-refractivity contribution is 0.849. The number of nitrogens with zero attached hydrogens (tertiary/aromatic N) is 1. The van der Waals surface area contributed by atoms with Gasteiger partial charge in [-0.25, -0.2) is 0 Å². The Morgan fingerprint density at radius 1 is 1.05 bits per heavy atom. The van der Waals surface area contributed by atoms with Crippen LogP contribution in [-0.4, -0.2) is 10.9 Å². The Bertz CT molecular complexity index is 617. The van der Waals surface area contributed by atoms with E-state index in [9.17, 15) is 0 Å². The van der Waals surface area contributed by atoms with Gasteiger partial charge >= 0.3 is 0 Å². The van der Waals surface area contributed by atoms with E-state index in [1.807, 2.05) is 6.07 Å². The summed E-state index contributed by atoms with van der Waals surface area (Å²) in [6.07, 6.45) is 0. The second-order valence-corrected chi connectivity index (χ2v) is 6.58. The average molecular weight is 296 g/mol. The van der Waals surface area contributed by atoms with Gasteiger partial charge in [0.1, 0.15) is 0 Å². The van der Waals surface area contributed by atoms with Crippen molar-refractivity contribution in [1.82, 2.24) is 0 Å². The molecule has 1 unspecified atom stereocenters. The van der Waals surface area contributed by atoms with Crippen molar-refractivity contribution < 1.29 is 0 Å². The first-order valence-corrected chi connectivity index (χ1v) is 8.33. The van der Waals surface area contributed by atoms with E-state index in [0.29, 0.717) is 5.92 Å². The van der Waals surface area contributed by atoms with E-state index >= 15 is 0 Å². The highest BCUT2D eigenvalue weighted by molar-refractivity contribution is 8.14. The van der Waals surface area contributed by atoms with Crippen LogP contribution in [0.4, 0.5) is 5.69 Å². The van der Waals surface area contributed by atoms with E-state index in [0.717, 1.165) is 16.6 Å². The van der Waals surface area contributed by atoms with Gasteiger partial charge in [-0.2, -0.15) is 0 Å². The molecule has 0 fully saturated rings. The normalized spacial score (nSPS) is 17.9. The molecule has 1 atom stereocenters. The summed E-state index contributed by atoms with van der Waals surface area (Å²) >= 11 is 1.79. The van der Waals surface area contributed by atoms with Gasteiger partial charge in [-0.3, -0.25) is 4.99 Å². The molecular weight excluding hydrogens is 276 g/mol. The largest absolute Gasteiger partial charge is 0.335 e. The third-order valence-corrected chi connectivity index (χ3v) is 4.63. The third-order valence-electron chi connectivity index (χ3n) is 3.66. The van der Waals surface area contributed by atoms with Gasteiger partial charge in [-0.05, 0) is 29.2 Å². The minimum absolute atomic E-state index is 0.272. The summed E-state index contributed by atoms with van der Waals surface area (Å²) in [5.74, 6) is 1.58. The SMILES string of the molecule is CC(C)c1ccc(NC2=NC(c3ccccc3)CS2)cc1. The maximum atomic E-state index is 4.78. The fourth-order valence-electron chi connectivity index (χ4n) is 2.36. The summed E-state index contributed by atoms with van der Waals surface area (Å²) in [5.41, 5.74) is 3.76. The van der Waals surface area contributed by atoms with E-state index < -0.39 is 0 Å². The number of hydrogen-bond acceptors (Lipinski definition) is 3. The van der Waals surface area contributed by atoms with E-state index in [-0.39, 0.29) is 6.04 Å². The monoisotopic (exact) mass is 296 g/mol. The molecule has 21 heavy (non-hydrogen) atoms. The second-order valence-electron chi connectivity index (χ2n) is 5.57. The van der Waals surface area contributed by atoms with Gasteiger partial charge in [0.2, 0.25) is 0 Å². The average Bonchev–Trinajstić information content (AvgIpc) is 2.97. The summed E-state index contributed by atoms with van der Waals surface area (Å²) in [4.78, 5) is 4.78. The molecule has 1 N–H and O–H groups in total. The zero-order valence-corrected chi connectivity index (χ0v) is 13.2. The molecule has 0 saturated carbocycles. The number of nitrogens with one attached hydrogen (secondary N) is 1. The third kappa shape index (κ3) is 3.48. The highest BCUT2D eigenvalue weighted by Gasteiger charge is 2.19. The Morgan fingerprint density at radius 3 is 2.43 bits per heavy atom. The molecule has 2 aromatic carbocycles. The van der Waals surface area contributed by atoms with Crippen molar-refractivity contribution in [3.05, 3.63) is 65.7 Å². The maximum Gasteiger partial charge on any atom is 0.161 e. The standard InChI is InChI=1S/C18H20N2S/c1-13(2)14-8-10-16(11-9-14)19-18-20-17(12-21-18)15-6-4-3-5-7-15/h3-11,13,17H,12H2,1-2H3,(H,19,20). The second kappa shape index (κ2) is 6.35. The van der Waals surface area contributed by atoms with Crippen molar-refractivity contribution in [2.75, 3.05) is 11.1 Å². The van der Waals surface area contributed by atoms with Crippen LogP contribution in [0.25, 0.3) is 0 Å². The van der Waals surface area contributed by atoms with Crippen molar-refractivity contribution in [3.63, 3.8) is 0 Å². The number of amidine groups is 1. The number of rotatable bonds is 3. The molecule has 0 radical (unpaired) electrons. The Balaban J connectivity index is 1.68. The molecule has 2 aromatic rings. The van der Waals surface area contributed by atoms with Crippen molar-refractivity contribution >= 4 is 22.6 Å². The van der Waals surface area contributed by atoms with Crippen molar-refractivity contribution in [2.24, 2.45) is 4.99 Å². The fourth-order valence-corrected chi connectivity index (χ4v) is 3.34. The predicted molar refractivity (Wildman–Crippen MR) is 93.2 cm³/mol. The lowest BCUT2D eigenvalue weighted by Gasteiger charge is -2.08. The van der Waals surface area contributed by atoms with Gasteiger partial charge in [-0.15, -0.1) is 0 Å². The molecule has 108 valence electrons. The summed E-state index contributed by atoms with van der Waals surface area (Å²) < 4.78 is 0. The molecule has 1 heterocycles. The van der Waals surface area contributed by atoms with Gasteiger partial charge in [0.15, 0.2) is 5.17 Å². The van der Waals surface area contributed by atoms with Crippen molar-refractivity contribution in [1.29, 1.82) is 0 Å². The molecule has 0 bridgehead atoms. The lowest BCUT2D eigenvalue weighted by atomic mass is 10.0. The van der Waals surface area contributed by atoms with Crippen LogP contribution < -0.4 is 5.32 Å². The van der Waals surface area contributed by atoms with Gasteiger partial charge in [0.25, 0.3) is 0 Å². The molecule has 0 aliphatic carbocycles. The zero-order chi connectivity index (χ0) is 14.7. The van der Waals surface area contributed by atoms with E-state index in [4.69, 9.17) is 4.99 Å². The van der Waals surface area contributed by atoms with Gasteiger partial charge in [0.05, 0.1) is 6.04 Å². The molecule has 3 rings (SSSR count). The molecule has 2 nitrogen and oxygen atoms in total. The smallest absolute Gasteiger partial charge is 0.161 e. The van der Waals surface area contributed by atoms with Crippen LogP contribution in [0, 0.1) is 0 Å². The van der Waals surface area contributed by atoms with Crippen LogP contribution in [-0.2, 0) is 0 Å². The summed E-state index contributed by atoms with van der Waals surface area (Å²) in [6, 6.07) is 19.4. The van der Waals surface area contributed by atoms with Crippen molar-refractivity contribution in [3.8, 4) is 0 Å². The Labute approximate surface area is 130 Å². The van der Waals surface area contributed by atoms with Gasteiger partial charge in [-0.1, -0.05) is 68.1 Å². The van der Waals surface area contributed by atoms with E-state index in [1.54, 1.807) is 11.8 Å². The highest BCUT2D eigenvalue weighted by Crippen LogP contribution is 2.30. The first-order chi connectivity index (χ1) is 10.2. The van der Waals surface area contributed by atoms with Crippen LogP contribution in [0.2, 0.25) is 0 Å². The number of aliphatic imine (C=N–C) groups is 1. The van der Waals surface area contributed by atoms with E-state index in [2.05, 4.69) is 67.7 Å². The number of thioether (sulfide) groups is 1. The molecule has 0 aromatic heterocycles. The fraction of sp³-hybridized carbons (Fsp3) is 0.278. The number of benzene rings is 2. The van der Waals surface area contributed by atoms with Crippen LogP contribution in [0.5, 0.6) is 0 Å². The zero-order valence-electron chi connectivity index (χ0n) is 12.4. The van der Waals surface area contributed by atoms with E-state index in [1.165, 1.54) is 11.1 Å². The molecule has 1 aliphatic rings. The molecule has 0 saturated heterocycles. The van der Waals surface area contributed by atoms with Crippen LogP contribution in [0.1, 0.15) is 36.9 Å². The maximum absolute atomic E-state index is 4.78. The minimum Gasteiger partial charge on any atom is -0.335 e. The highest BCUT2D eigenvalue weighted by atomic mass is 32.2. The van der Waals surface area contributed by atoms with Crippen LogP contribution in [0.15, 0.2) is 59.6 Å². The summed E-state index contributed by atoms with van der Waals surface area (Å²) in [7, 11) is 0.